The van der Waals surface area contributed by atoms with Crippen LogP contribution in [0.25, 0.3) is 0 Å². The molecule has 0 atom stereocenters. The van der Waals surface area contributed by atoms with E-state index in [1.54, 1.807) is 6.33 Å². The maximum absolute atomic E-state index is 4.57. The predicted molar refractivity (Wildman–Crippen MR) is 85.8 cm³/mol. The summed E-state index contributed by atoms with van der Waals surface area (Å²) in [5, 5.41) is 0. The van der Waals surface area contributed by atoms with Crippen molar-refractivity contribution in [1.82, 2.24) is 19.9 Å². The van der Waals surface area contributed by atoms with Gasteiger partial charge in [0.2, 0.25) is 0 Å². The summed E-state index contributed by atoms with van der Waals surface area (Å²) >= 11 is 0. The van der Waals surface area contributed by atoms with Crippen LogP contribution in [0.3, 0.4) is 0 Å². The van der Waals surface area contributed by atoms with Crippen molar-refractivity contribution in [3.63, 3.8) is 0 Å². The number of anilines is 1. The molecule has 1 aliphatic carbocycles. The normalized spacial score (nSPS) is 18.5. The first-order valence-electron chi connectivity index (χ1n) is 8.09. The fraction of sp³-hybridized carbons (Fsp3) is 0.471. The van der Waals surface area contributed by atoms with E-state index < -0.39 is 0 Å². The fourth-order valence-electron chi connectivity index (χ4n) is 3.48. The molecular formula is C17H21N5. The molecule has 114 valence electrons. The molecule has 22 heavy (non-hydrogen) atoms. The summed E-state index contributed by atoms with van der Waals surface area (Å²) in [5.41, 5.74) is 4.00. The Bertz CT molecular complexity index is 635. The van der Waals surface area contributed by atoms with Crippen LogP contribution in [0, 0.1) is 0 Å². The number of fused-ring (bicyclic) bond motifs is 1. The zero-order chi connectivity index (χ0) is 14.8. The largest absolute Gasteiger partial charge is 0.354 e. The second-order valence-electron chi connectivity index (χ2n) is 6.09. The molecule has 0 aromatic carbocycles. The van der Waals surface area contributed by atoms with Gasteiger partial charge in [-0.05, 0) is 37.0 Å². The first-order chi connectivity index (χ1) is 10.9. The highest BCUT2D eigenvalue weighted by Crippen LogP contribution is 2.28. The molecule has 0 N–H and O–H groups in total. The van der Waals surface area contributed by atoms with Gasteiger partial charge in [0.1, 0.15) is 12.1 Å². The molecule has 0 unspecified atom stereocenters. The third kappa shape index (κ3) is 2.68. The van der Waals surface area contributed by atoms with Gasteiger partial charge in [0.25, 0.3) is 0 Å². The standard InChI is InChI=1S/C17H21N5/c1-2-15-16(3-1)19-13-20-17(15)22-10-8-21(9-11-22)12-14-4-6-18-7-5-14/h4-7,13H,1-3,8-12H2. The van der Waals surface area contributed by atoms with Gasteiger partial charge in [0.15, 0.2) is 0 Å². The summed E-state index contributed by atoms with van der Waals surface area (Å²) in [6, 6.07) is 4.20. The van der Waals surface area contributed by atoms with Crippen molar-refractivity contribution in [2.75, 3.05) is 31.1 Å². The maximum atomic E-state index is 4.57. The highest BCUT2D eigenvalue weighted by Gasteiger charge is 2.24. The molecule has 4 rings (SSSR count). The zero-order valence-corrected chi connectivity index (χ0v) is 12.8. The summed E-state index contributed by atoms with van der Waals surface area (Å²) in [7, 11) is 0. The lowest BCUT2D eigenvalue weighted by Gasteiger charge is -2.36. The zero-order valence-electron chi connectivity index (χ0n) is 12.8. The molecular weight excluding hydrogens is 274 g/mol. The van der Waals surface area contributed by atoms with Crippen molar-refractivity contribution in [3.8, 4) is 0 Å². The van der Waals surface area contributed by atoms with E-state index in [0.717, 1.165) is 45.6 Å². The summed E-state index contributed by atoms with van der Waals surface area (Å²) in [4.78, 5) is 18.0. The Morgan fingerprint density at radius 2 is 1.77 bits per heavy atom. The van der Waals surface area contributed by atoms with Crippen LogP contribution >= 0.6 is 0 Å². The third-order valence-corrected chi connectivity index (χ3v) is 4.68. The Hall–Kier alpha value is -2.01. The van der Waals surface area contributed by atoms with Crippen molar-refractivity contribution in [2.45, 2.75) is 25.8 Å². The monoisotopic (exact) mass is 295 g/mol. The van der Waals surface area contributed by atoms with Gasteiger partial charge in [-0.25, -0.2) is 9.97 Å². The summed E-state index contributed by atoms with van der Waals surface area (Å²) in [6.45, 7) is 5.28. The van der Waals surface area contributed by atoms with Crippen LogP contribution < -0.4 is 4.90 Å². The van der Waals surface area contributed by atoms with Crippen molar-refractivity contribution >= 4 is 5.82 Å². The maximum Gasteiger partial charge on any atom is 0.135 e. The summed E-state index contributed by atoms with van der Waals surface area (Å²) in [6.07, 6.45) is 8.97. The molecule has 0 radical (unpaired) electrons. The summed E-state index contributed by atoms with van der Waals surface area (Å²) < 4.78 is 0. The molecule has 1 aliphatic heterocycles. The van der Waals surface area contributed by atoms with E-state index in [0.29, 0.717) is 0 Å². The number of rotatable bonds is 3. The van der Waals surface area contributed by atoms with Crippen LogP contribution in [0.4, 0.5) is 5.82 Å². The van der Waals surface area contributed by atoms with Crippen LogP contribution in [-0.2, 0) is 19.4 Å². The highest BCUT2D eigenvalue weighted by molar-refractivity contribution is 5.50. The van der Waals surface area contributed by atoms with E-state index in [4.69, 9.17) is 0 Å². The number of aryl methyl sites for hydroxylation is 1. The van der Waals surface area contributed by atoms with Crippen molar-refractivity contribution in [2.24, 2.45) is 0 Å². The molecule has 5 heteroatoms. The average molecular weight is 295 g/mol. The fourth-order valence-corrected chi connectivity index (χ4v) is 3.48. The number of hydrogen-bond donors (Lipinski definition) is 0. The van der Waals surface area contributed by atoms with Gasteiger partial charge in [0, 0.05) is 56.4 Å². The molecule has 2 aromatic rings. The van der Waals surface area contributed by atoms with Gasteiger partial charge in [-0.2, -0.15) is 0 Å². The van der Waals surface area contributed by atoms with E-state index >= 15 is 0 Å². The van der Waals surface area contributed by atoms with Crippen molar-refractivity contribution in [1.29, 1.82) is 0 Å². The van der Waals surface area contributed by atoms with Crippen LogP contribution in [0.15, 0.2) is 30.9 Å². The lowest BCUT2D eigenvalue weighted by Crippen LogP contribution is -2.46. The lowest BCUT2D eigenvalue weighted by atomic mass is 10.2. The van der Waals surface area contributed by atoms with Gasteiger partial charge in [-0.3, -0.25) is 9.88 Å². The first kappa shape index (κ1) is 13.6. The number of pyridine rings is 1. The molecule has 0 amide bonds. The minimum Gasteiger partial charge on any atom is -0.354 e. The van der Waals surface area contributed by atoms with E-state index in [1.165, 1.54) is 29.1 Å². The van der Waals surface area contributed by atoms with E-state index in [1.807, 2.05) is 12.4 Å². The molecule has 5 nitrogen and oxygen atoms in total. The number of aromatic nitrogens is 3. The van der Waals surface area contributed by atoms with E-state index in [-0.39, 0.29) is 0 Å². The van der Waals surface area contributed by atoms with E-state index in [2.05, 4.69) is 36.9 Å². The quantitative estimate of drug-likeness (QED) is 0.862. The first-order valence-corrected chi connectivity index (χ1v) is 8.09. The Labute approximate surface area is 131 Å². The Morgan fingerprint density at radius 1 is 0.955 bits per heavy atom. The number of piperazine rings is 1. The molecule has 1 fully saturated rings. The third-order valence-electron chi connectivity index (χ3n) is 4.68. The van der Waals surface area contributed by atoms with Crippen molar-refractivity contribution in [3.05, 3.63) is 47.7 Å². The topological polar surface area (TPSA) is 45.2 Å². The van der Waals surface area contributed by atoms with Crippen LogP contribution in [0.2, 0.25) is 0 Å². The smallest absolute Gasteiger partial charge is 0.135 e. The molecule has 0 bridgehead atoms. The average Bonchev–Trinajstić information content (AvgIpc) is 3.05. The number of nitrogens with zero attached hydrogens (tertiary/aromatic N) is 5. The van der Waals surface area contributed by atoms with Gasteiger partial charge in [0.05, 0.1) is 0 Å². The molecule has 2 aromatic heterocycles. The molecule has 0 saturated carbocycles. The second kappa shape index (κ2) is 6.01. The predicted octanol–water partition coefficient (Wildman–Crippen LogP) is 1.68. The second-order valence-corrected chi connectivity index (χ2v) is 6.09. The Kier molecular flexibility index (Phi) is 3.72. The molecule has 2 aliphatic rings. The molecule has 1 saturated heterocycles. The van der Waals surface area contributed by atoms with Crippen LogP contribution in [-0.4, -0.2) is 46.0 Å². The summed E-state index contributed by atoms with van der Waals surface area (Å²) in [5.74, 6) is 1.19. The van der Waals surface area contributed by atoms with E-state index in [9.17, 15) is 0 Å². The lowest BCUT2D eigenvalue weighted by molar-refractivity contribution is 0.249. The van der Waals surface area contributed by atoms with Gasteiger partial charge in [-0.15, -0.1) is 0 Å². The Balaban J connectivity index is 1.41. The minimum atomic E-state index is 1.01. The number of hydrogen-bond acceptors (Lipinski definition) is 5. The molecule has 3 heterocycles. The van der Waals surface area contributed by atoms with Crippen LogP contribution in [0.5, 0.6) is 0 Å². The van der Waals surface area contributed by atoms with Crippen molar-refractivity contribution < 1.29 is 0 Å². The molecule has 0 spiro atoms. The van der Waals surface area contributed by atoms with Gasteiger partial charge in [-0.1, -0.05) is 0 Å². The SMILES string of the molecule is c1cc(CN2CCN(c3ncnc4c3CCC4)CC2)ccn1. The minimum absolute atomic E-state index is 1.01. The highest BCUT2D eigenvalue weighted by atomic mass is 15.3. The van der Waals surface area contributed by atoms with Crippen LogP contribution in [0.1, 0.15) is 23.2 Å². The Morgan fingerprint density at radius 3 is 2.59 bits per heavy atom. The van der Waals surface area contributed by atoms with Gasteiger partial charge < -0.3 is 4.90 Å². The van der Waals surface area contributed by atoms with Gasteiger partial charge >= 0.3 is 0 Å².